The van der Waals surface area contributed by atoms with E-state index >= 15 is 0 Å². The number of hydrogen-bond acceptors (Lipinski definition) is 5. The molecular formula is C18H16ClN3O2S. The first-order valence-corrected chi connectivity index (χ1v) is 8.92. The normalized spacial score (nSPS) is 10.3. The summed E-state index contributed by atoms with van der Waals surface area (Å²) in [7, 11) is 1.64. The van der Waals surface area contributed by atoms with Gasteiger partial charge in [0.25, 0.3) is 0 Å². The van der Waals surface area contributed by atoms with E-state index in [-0.39, 0.29) is 11.8 Å². The van der Waals surface area contributed by atoms with Crippen molar-refractivity contribution in [1.29, 1.82) is 0 Å². The van der Waals surface area contributed by atoms with Crippen molar-refractivity contribution in [3.05, 3.63) is 53.9 Å². The highest BCUT2D eigenvalue weighted by atomic mass is 35.5. The number of halogens is 1. The molecule has 0 fully saturated rings. The van der Waals surface area contributed by atoms with Crippen molar-refractivity contribution in [1.82, 2.24) is 4.98 Å². The number of anilines is 3. The Morgan fingerprint density at radius 2 is 2.00 bits per heavy atom. The molecule has 0 aliphatic carbocycles. The molecule has 2 N–H and O–H groups in total. The molecular weight excluding hydrogens is 358 g/mol. The minimum absolute atomic E-state index is 0.0739. The Labute approximate surface area is 154 Å². The van der Waals surface area contributed by atoms with Crippen LogP contribution in [0.5, 0.6) is 5.75 Å². The molecule has 0 aliphatic rings. The van der Waals surface area contributed by atoms with Crippen LogP contribution in [0.15, 0.2) is 53.9 Å². The number of rotatable bonds is 6. The number of ether oxygens (including phenoxy) is 1. The quantitative estimate of drug-likeness (QED) is 0.612. The Morgan fingerprint density at radius 1 is 1.20 bits per heavy atom. The number of hydrogen-bond donors (Lipinski definition) is 2. The van der Waals surface area contributed by atoms with Crippen LogP contribution in [0, 0.1) is 0 Å². The predicted octanol–water partition coefficient (Wildman–Crippen LogP) is 4.74. The molecule has 0 saturated carbocycles. The number of thiazole rings is 1. The smallest absolute Gasteiger partial charge is 0.239 e. The molecule has 3 rings (SSSR count). The maximum absolute atomic E-state index is 11.4. The minimum Gasteiger partial charge on any atom is -0.497 e. The van der Waals surface area contributed by atoms with Gasteiger partial charge in [0.2, 0.25) is 5.91 Å². The minimum atomic E-state index is -0.238. The molecule has 0 unspecified atom stereocenters. The van der Waals surface area contributed by atoms with E-state index in [0.29, 0.717) is 5.69 Å². The lowest BCUT2D eigenvalue weighted by Gasteiger charge is -2.05. The predicted molar refractivity (Wildman–Crippen MR) is 103 cm³/mol. The van der Waals surface area contributed by atoms with E-state index < -0.39 is 0 Å². The zero-order valence-corrected chi connectivity index (χ0v) is 15.0. The van der Waals surface area contributed by atoms with Crippen LogP contribution in [0.3, 0.4) is 0 Å². The fourth-order valence-corrected chi connectivity index (χ4v) is 3.05. The van der Waals surface area contributed by atoms with Gasteiger partial charge in [0.15, 0.2) is 5.13 Å². The number of carbonyl (C=O) groups is 1. The molecule has 1 aromatic heterocycles. The van der Waals surface area contributed by atoms with E-state index in [1.807, 2.05) is 53.9 Å². The number of benzene rings is 2. The van der Waals surface area contributed by atoms with E-state index in [9.17, 15) is 4.79 Å². The van der Waals surface area contributed by atoms with Gasteiger partial charge in [-0.25, -0.2) is 4.98 Å². The highest BCUT2D eigenvalue weighted by Crippen LogP contribution is 2.29. The Hall–Kier alpha value is -2.57. The molecule has 7 heteroatoms. The molecule has 0 saturated heterocycles. The van der Waals surface area contributed by atoms with Crippen LogP contribution < -0.4 is 15.4 Å². The van der Waals surface area contributed by atoms with Crippen molar-refractivity contribution in [2.75, 3.05) is 23.6 Å². The molecule has 25 heavy (non-hydrogen) atoms. The van der Waals surface area contributed by atoms with Gasteiger partial charge in [-0.3, -0.25) is 4.79 Å². The maximum Gasteiger partial charge on any atom is 0.239 e. The third-order valence-electron chi connectivity index (χ3n) is 3.39. The zero-order chi connectivity index (χ0) is 17.6. The van der Waals surface area contributed by atoms with E-state index in [4.69, 9.17) is 16.3 Å². The van der Waals surface area contributed by atoms with Crippen molar-refractivity contribution in [2.45, 2.75) is 0 Å². The van der Waals surface area contributed by atoms with E-state index in [2.05, 4.69) is 15.6 Å². The Balaban J connectivity index is 1.77. The molecule has 0 radical (unpaired) electrons. The second-order valence-electron chi connectivity index (χ2n) is 5.16. The average Bonchev–Trinajstić information content (AvgIpc) is 3.10. The van der Waals surface area contributed by atoms with Gasteiger partial charge in [0.05, 0.1) is 12.8 Å². The first-order valence-electron chi connectivity index (χ1n) is 7.51. The molecule has 0 aliphatic heterocycles. The third kappa shape index (κ3) is 4.49. The second-order valence-corrected chi connectivity index (χ2v) is 6.28. The summed E-state index contributed by atoms with van der Waals surface area (Å²) in [6.07, 6.45) is 0. The van der Waals surface area contributed by atoms with Crippen LogP contribution in [0.25, 0.3) is 11.3 Å². The summed E-state index contributed by atoms with van der Waals surface area (Å²) in [5, 5.41) is 8.74. The summed E-state index contributed by atoms with van der Waals surface area (Å²) in [6.45, 7) is 0. The number of nitrogens with one attached hydrogen (secondary N) is 2. The molecule has 0 bridgehead atoms. The molecule has 5 nitrogen and oxygen atoms in total. The fourth-order valence-electron chi connectivity index (χ4n) is 2.24. The average molecular weight is 374 g/mol. The lowest BCUT2D eigenvalue weighted by atomic mass is 10.1. The van der Waals surface area contributed by atoms with Gasteiger partial charge in [0.1, 0.15) is 11.6 Å². The SMILES string of the molecule is COc1cccc(Nc2nc(-c3cccc(NC(=O)CCl)c3)cs2)c1. The van der Waals surface area contributed by atoms with Gasteiger partial charge in [-0.2, -0.15) is 0 Å². The summed E-state index contributed by atoms with van der Waals surface area (Å²) in [6, 6.07) is 15.2. The molecule has 128 valence electrons. The van der Waals surface area contributed by atoms with Crippen LogP contribution in [0.4, 0.5) is 16.5 Å². The van der Waals surface area contributed by atoms with Gasteiger partial charge in [0, 0.05) is 28.4 Å². The van der Waals surface area contributed by atoms with Gasteiger partial charge < -0.3 is 15.4 Å². The van der Waals surface area contributed by atoms with Gasteiger partial charge in [-0.1, -0.05) is 18.2 Å². The first kappa shape index (κ1) is 17.3. The summed E-state index contributed by atoms with van der Waals surface area (Å²) in [5.41, 5.74) is 3.35. The zero-order valence-electron chi connectivity index (χ0n) is 13.5. The van der Waals surface area contributed by atoms with Crippen LogP contribution in [-0.2, 0) is 4.79 Å². The number of nitrogens with zero attached hydrogens (tertiary/aromatic N) is 1. The number of alkyl halides is 1. The van der Waals surface area contributed by atoms with Crippen molar-refractivity contribution in [2.24, 2.45) is 0 Å². The van der Waals surface area contributed by atoms with Crippen molar-refractivity contribution in [3.63, 3.8) is 0 Å². The van der Waals surface area contributed by atoms with Crippen LogP contribution >= 0.6 is 22.9 Å². The number of aromatic nitrogens is 1. The molecule has 1 heterocycles. The molecule has 0 atom stereocenters. The van der Waals surface area contributed by atoms with Crippen molar-refractivity contribution < 1.29 is 9.53 Å². The summed E-state index contributed by atoms with van der Waals surface area (Å²) in [4.78, 5) is 16.0. The maximum atomic E-state index is 11.4. The lowest BCUT2D eigenvalue weighted by molar-refractivity contribution is -0.113. The number of amides is 1. The highest BCUT2D eigenvalue weighted by Gasteiger charge is 2.07. The van der Waals surface area contributed by atoms with Crippen LogP contribution in [0.1, 0.15) is 0 Å². The molecule has 1 amide bonds. The van der Waals surface area contributed by atoms with Crippen LogP contribution in [-0.4, -0.2) is 23.9 Å². The summed E-state index contributed by atoms with van der Waals surface area (Å²) >= 11 is 7.03. The van der Waals surface area contributed by atoms with E-state index in [1.54, 1.807) is 7.11 Å². The Bertz CT molecular complexity index is 882. The monoisotopic (exact) mass is 373 g/mol. The van der Waals surface area contributed by atoms with Crippen LogP contribution in [0.2, 0.25) is 0 Å². The standard InChI is InChI=1S/C18H16ClN3O2S/c1-24-15-7-3-6-14(9-15)21-18-22-16(11-25-18)12-4-2-5-13(8-12)20-17(23)10-19/h2-9,11H,10H2,1H3,(H,20,23)(H,21,22). The van der Waals surface area contributed by atoms with E-state index in [1.165, 1.54) is 11.3 Å². The van der Waals surface area contributed by atoms with Crippen molar-refractivity contribution in [3.8, 4) is 17.0 Å². The topological polar surface area (TPSA) is 63.2 Å². The molecule has 3 aromatic rings. The second kappa shape index (κ2) is 8.00. The van der Waals surface area contributed by atoms with Gasteiger partial charge >= 0.3 is 0 Å². The first-order chi connectivity index (χ1) is 12.2. The number of carbonyl (C=O) groups excluding carboxylic acids is 1. The third-order valence-corrected chi connectivity index (χ3v) is 4.39. The Kier molecular flexibility index (Phi) is 5.53. The fraction of sp³-hybridized carbons (Fsp3) is 0.111. The van der Waals surface area contributed by atoms with Gasteiger partial charge in [-0.15, -0.1) is 22.9 Å². The highest BCUT2D eigenvalue weighted by molar-refractivity contribution is 7.14. The molecule has 2 aromatic carbocycles. The summed E-state index contributed by atoms with van der Waals surface area (Å²) in [5.74, 6) is 0.470. The van der Waals surface area contributed by atoms with E-state index in [0.717, 1.165) is 27.8 Å². The number of methoxy groups -OCH3 is 1. The largest absolute Gasteiger partial charge is 0.497 e. The lowest BCUT2D eigenvalue weighted by Crippen LogP contribution is -2.12. The van der Waals surface area contributed by atoms with Crippen molar-refractivity contribution >= 4 is 45.4 Å². The Morgan fingerprint density at radius 3 is 2.80 bits per heavy atom. The molecule has 0 spiro atoms. The summed E-state index contributed by atoms with van der Waals surface area (Å²) < 4.78 is 5.22. The van der Waals surface area contributed by atoms with Gasteiger partial charge in [-0.05, 0) is 24.3 Å².